The summed E-state index contributed by atoms with van der Waals surface area (Å²) in [5, 5.41) is 21.9. The highest BCUT2D eigenvalue weighted by Crippen LogP contribution is 2.10. The predicted octanol–water partition coefficient (Wildman–Crippen LogP) is -1.57. The van der Waals surface area contributed by atoms with Gasteiger partial charge in [-0.15, -0.1) is 0 Å². The molecule has 1 unspecified atom stereocenters. The van der Waals surface area contributed by atoms with Crippen molar-refractivity contribution in [1.29, 1.82) is 0 Å². The number of aliphatic hydroxyl groups is 1. The van der Waals surface area contributed by atoms with E-state index >= 15 is 0 Å². The Morgan fingerprint density at radius 3 is 1.38 bits per heavy atom. The van der Waals surface area contributed by atoms with Crippen LogP contribution in [0.2, 0.25) is 0 Å². The SMILES string of the molecule is CNCCCOCC(COCCCNC)(COCCCNC)NC(N)O. The van der Waals surface area contributed by atoms with E-state index in [1.54, 1.807) is 0 Å². The summed E-state index contributed by atoms with van der Waals surface area (Å²) in [7, 11) is 5.73. The molecule has 0 aliphatic rings. The van der Waals surface area contributed by atoms with Gasteiger partial charge in [0.15, 0.2) is 6.35 Å². The lowest BCUT2D eigenvalue weighted by molar-refractivity contribution is -0.0625. The summed E-state index contributed by atoms with van der Waals surface area (Å²) < 4.78 is 17.4. The maximum Gasteiger partial charge on any atom is 0.158 e. The smallest absolute Gasteiger partial charge is 0.158 e. The highest BCUT2D eigenvalue weighted by Gasteiger charge is 2.33. The van der Waals surface area contributed by atoms with Gasteiger partial charge in [-0.3, -0.25) is 11.1 Å². The maximum atomic E-state index is 9.68. The number of rotatable bonds is 20. The Morgan fingerprint density at radius 2 is 1.12 bits per heavy atom. The highest BCUT2D eigenvalue weighted by molar-refractivity contribution is 4.89. The lowest BCUT2D eigenvalue weighted by atomic mass is 10.0. The van der Waals surface area contributed by atoms with Crippen LogP contribution in [-0.2, 0) is 14.2 Å². The molecule has 0 saturated heterocycles. The van der Waals surface area contributed by atoms with Crippen molar-refractivity contribution in [3.8, 4) is 0 Å². The zero-order valence-corrected chi connectivity index (χ0v) is 16.8. The summed E-state index contributed by atoms with van der Waals surface area (Å²) in [6.45, 7) is 5.57. The van der Waals surface area contributed by atoms with Gasteiger partial charge >= 0.3 is 0 Å². The minimum atomic E-state index is -1.17. The molecule has 0 saturated carbocycles. The zero-order chi connectivity index (χ0) is 19.5. The van der Waals surface area contributed by atoms with Crippen molar-refractivity contribution >= 4 is 0 Å². The predicted molar refractivity (Wildman–Crippen MR) is 104 cm³/mol. The number of hydrogen-bond acceptors (Lipinski definition) is 9. The molecule has 0 aromatic carbocycles. The molecular formula is C17H41N5O4. The summed E-state index contributed by atoms with van der Waals surface area (Å²) in [5.41, 5.74) is 4.89. The Morgan fingerprint density at radius 1 is 0.769 bits per heavy atom. The fourth-order valence-electron chi connectivity index (χ4n) is 2.42. The molecule has 0 radical (unpaired) electrons. The summed E-state index contributed by atoms with van der Waals surface area (Å²) in [5.74, 6) is 0. The monoisotopic (exact) mass is 379 g/mol. The third-order valence-electron chi connectivity index (χ3n) is 3.74. The number of ether oxygens (including phenoxy) is 3. The van der Waals surface area contributed by atoms with E-state index in [2.05, 4.69) is 21.3 Å². The molecule has 7 N–H and O–H groups in total. The highest BCUT2D eigenvalue weighted by atomic mass is 16.5. The van der Waals surface area contributed by atoms with Crippen molar-refractivity contribution in [3.05, 3.63) is 0 Å². The first kappa shape index (κ1) is 25.6. The van der Waals surface area contributed by atoms with Crippen LogP contribution in [0.25, 0.3) is 0 Å². The molecule has 0 amide bonds. The first-order valence-electron chi connectivity index (χ1n) is 9.48. The first-order chi connectivity index (χ1) is 12.6. The van der Waals surface area contributed by atoms with E-state index < -0.39 is 11.9 Å². The Bertz CT molecular complexity index is 262. The second-order valence-corrected chi connectivity index (χ2v) is 6.40. The lowest BCUT2D eigenvalue weighted by Gasteiger charge is -2.35. The molecule has 0 aromatic rings. The van der Waals surface area contributed by atoms with Crippen molar-refractivity contribution in [3.63, 3.8) is 0 Å². The third kappa shape index (κ3) is 14.8. The van der Waals surface area contributed by atoms with E-state index in [1.807, 2.05) is 21.1 Å². The van der Waals surface area contributed by atoms with Gasteiger partial charge in [0.1, 0.15) is 0 Å². The summed E-state index contributed by atoms with van der Waals surface area (Å²) in [6, 6.07) is 0. The maximum absolute atomic E-state index is 9.68. The van der Waals surface area contributed by atoms with Crippen LogP contribution < -0.4 is 27.0 Å². The van der Waals surface area contributed by atoms with E-state index in [0.717, 1.165) is 38.9 Å². The molecule has 0 rings (SSSR count). The minimum absolute atomic E-state index is 0.350. The standard InChI is InChI=1S/C17H41N5O4/c1-19-7-4-10-24-13-17(22-16(18)23,14-25-11-5-8-20-2)15-26-12-6-9-21-3/h16,19-23H,4-15,18H2,1-3H3. The molecule has 158 valence electrons. The molecule has 0 spiro atoms. The topological polar surface area (TPSA) is 122 Å². The van der Waals surface area contributed by atoms with E-state index in [4.69, 9.17) is 19.9 Å². The Hall–Kier alpha value is -0.360. The molecular weight excluding hydrogens is 338 g/mol. The molecule has 0 aliphatic heterocycles. The van der Waals surface area contributed by atoms with E-state index in [0.29, 0.717) is 39.6 Å². The van der Waals surface area contributed by atoms with Crippen LogP contribution in [-0.4, -0.2) is 97.4 Å². The molecule has 1 atom stereocenters. The quantitative estimate of drug-likeness (QED) is 0.110. The van der Waals surface area contributed by atoms with Gasteiger partial charge in [-0.1, -0.05) is 0 Å². The number of nitrogens with one attached hydrogen (secondary N) is 4. The van der Waals surface area contributed by atoms with E-state index in [1.165, 1.54) is 0 Å². The van der Waals surface area contributed by atoms with Gasteiger partial charge in [0.25, 0.3) is 0 Å². The van der Waals surface area contributed by atoms with Gasteiger partial charge in [-0.2, -0.15) is 0 Å². The van der Waals surface area contributed by atoms with E-state index in [9.17, 15) is 5.11 Å². The molecule has 0 heterocycles. The molecule has 9 heteroatoms. The fraction of sp³-hybridized carbons (Fsp3) is 1.00. The van der Waals surface area contributed by atoms with Crippen LogP contribution >= 0.6 is 0 Å². The van der Waals surface area contributed by atoms with Crippen LogP contribution in [0.3, 0.4) is 0 Å². The van der Waals surface area contributed by atoms with Gasteiger partial charge in [0.05, 0.1) is 25.4 Å². The van der Waals surface area contributed by atoms with Crippen molar-refractivity contribution in [2.75, 3.05) is 80.4 Å². The normalized spacial score (nSPS) is 13.3. The molecule has 26 heavy (non-hydrogen) atoms. The first-order valence-corrected chi connectivity index (χ1v) is 9.48. The van der Waals surface area contributed by atoms with Crippen molar-refractivity contribution in [2.45, 2.75) is 31.2 Å². The largest absolute Gasteiger partial charge is 0.379 e. The fourth-order valence-corrected chi connectivity index (χ4v) is 2.42. The molecule has 0 bridgehead atoms. The van der Waals surface area contributed by atoms with E-state index in [-0.39, 0.29) is 0 Å². The van der Waals surface area contributed by atoms with Gasteiger partial charge in [0, 0.05) is 19.8 Å². The van der Waals surface area contributed by atoms with Crippen LogP contribution in [0.5, 0.6) is 0 Å². The van der Waals surface area contributed by atoms with Gasteiger partial charge in [-0.25, -0.2) is 0 Å². The molecule has 9 nitrogen and oxygen atoms in total. The van der Waals surface area contributed by atoms with Gasteiger partial charge in [-0.05, 0) is 60.0 Å². The van der Waals surface area contributed by atoms with Crippen LogP contribution in [0.15, 0.2) is 0 Å². The summed E-state index contributed by atoms with van der Waals surface area (Å²) >= 11 is 0. The second kappa shape index (κ2) is 18.0. The van der Waals surface area contributed by atoms with Gasteiger partial charge in [0.2, 0.25) is 0 Å². The van der Waals surface area contributed by atoms with Crippen LogP contribution in [0, 0.1) is 0 Å². The minimum Gasteiger partial charge on any atom is -0.379 e. The number of nitrogens with two attached hydrogens (primary N) is 1. The van der Waals surface area contributed by atoms with Crippen molar-refractivity contribution < 1.29 is 19.3 Å². The van der Waals surface area contributed by atoms with Crippen molar-refractivity contribution in [1.82, 2.24) is 21.3 Å². The Labute approximate surface area is 158 Å². The number of hydrogen-bond donors (Lipinski definition) is 6. The lowest BCUT2D eigenvalue weighted by Crippen LogP contribution is -2.62. The summed E-state index contributed by atoms with van der Waals surface area (Å²) in [4.78, 5) is 0. The van der Waals surface area contributed by atoms with Crippen LogP contribution in [0.4, 0.5) is 0 Å². The summed E-state index contributed by atoms with van der Waals surface area (Å²) in [6.07, 6.45) is 1.55. The average Bonchev–Trinajstić information content (AvgIpc) is 2.60. The number of aliphatic hydroxyl groups excluding tert-OH is 1. The third-order valence-corrected chi connectivity index (χ3v) is 3.74. The Balaban J connectivity index is 4.58. The molecule has 0 aromatic heterocycles. The molecule has 0 aliphatic carbocycles. The van der Waals surface area contributed by atoms with Crippen LogP contribution in [0.1, 0.15) is 19.3 Å². The van der Waals surface area contributed by atoms with Crippen molar-refractivity contribution in [2.24, 2.45) is 5.73 Å². The Kier molecular flexibility index (Phi) is 17.8. The molecule has 0 fully saturated rings. The average molecular weight is 380 g/mol. The van der Waals surface area contributed by atoms with Gasteiger partial charge < -0.3 is 35.3 Å². The second-order valence-electron chi connectivity index (χ2n) is 6.40. The zero-order valence-electron chi connectivity index (χ0n) is 16.8.